The molecule has 1 rings (SSSR count). The molecule has 0 saturated heterocycles. The Hall–Kier alpha value is -1.60. The van der Waals surface area contributed by atoms with Crippen molar-refractivity contribution in [3.05, 3.63) is 35.4 Å². The van der Waals surface area contributed by atoms with Gasteiger partial charge in [0.2, 0.25) is 0 Å². The zero-order valence-corrected chi connectivity index (χ0v) is 8.85. The van der Waals surface area contributed by atoms with Gasteiger partial charge in [0.1, 0.15) is 11.6 Å². The first-order valence-corrected chi connectivity index (χ1v) is 4.85. The molecule has 0 radical (unpaired) electrons. The largest absolute Gasteiger partial charge is 0.466 e. The van der Waals surface area contributed by atoms with Crippen LogP contribution in [0.1, 0.15) is 5.56 Å². The summed E-state index contributed by atoms with van der Waals surface area (Å²) in [5.74, 6) is -2.31. The molecule has 0 bridgehead atoms. The smallest absolute Gasteiger partial charge is 0.426 e. The number of benzene rings is 1. The zero-order valence-electron chi connectivity index (χ0n) is 8.85. The predicted octanol–water partition coefficient (Wildman–Crippen LogP) is 1.03. The van der Waals surface area contributed by atoms with Gasteiger partial charge in [-0.25, -0.2) is 8.78 Å². The van der Waals surface area contributed by atoms with E-state index in [0.717, 1.165) is 24.6 Å². The van der Waals surface area contributed by atoms with Crippen molar-refractivity contribution in [2.45, 2.75) is 12.4 Å². The third kappa shape index (κ3) is 4.05. The Bertz CT molecular complexity index is 427. The molecule has 7 heteroatoms. The first kappa shape index (κ1) is 13.5. The van der Waals surface area contributed by atoms with E-state index in [1.807, 2.05) is 0 Å². The minimum absolute atomic E-state index is 0.0524. The normalized spacial score (nSPS) is 12.7. The fourth-order valence-electron chi connectivity index (χ4n) is 1.13. The summed E-state index contributed by atoms with van der Waals surface area (Å²) in [5.41, 5.74) is 0.193. The van der Waals surface area contributed by atoms with Gasteiger partial charge < -0.3 is 15.5 Å². The van der Waals surface area contributed by atoms with Crippen molar-refractivity contribution in [1.29, 1.82) is 5.41 Å². The molecule has 1 aromatic carbocycles. The summed E-state index contributed by atoms with van der Waals surface area (Å²) in [6.45, 7) is -0.0524. The topological polar surface area (TPSA) is 76.7 Å². The van der Waals surface area contributed by atoms with E-state index in [0.29, 0.717) is 0 Å². The summed E-state index contributed by atoms with van der Waals surface area (Å²) in [5, 5.41) is 24.5. The van der Waals surface area contributed by atoms with Crippen LogP contribution in [0.2, 0.25) is 5.82 Å². The average Bonchev–Trinajstić information content (AvgIpc) is 2.26. The number of aliphatic imine (C=N–C) groups is 1. The molecule has 0 aliphatic rings. The van der Waals surface area contributed by atoms with E-state index in [4.69, 9.17) is 15.5 Å². The first-order chi connectivity index (χ1) is 8.04. The van der Waals surface area contributed by atoms with E-state index >= 15 is 0 Å². The quantitative estimate of drug-likeness (QED) is 0.531. The van der Waals surface area contributed by atoms with Gasteiger partial charge in [-0.15, -0.1) is 0 Å². The molecule has 90 valence electrons. The molecule has 3 N–H and O–H groups in total. The van der Waals surface area contributed by atoms with Crippen molar-refractivity contribution < 1.29 is 18.8 Å². The summed E-state index contributed by atoms with van der Waals surface area (Å²) < 4.78 is 25.7. The lowest BCUT2D eigenvalue weighted by Crippen LogP contribution is -2.22. The van der Waals surface area contributed by atoms with Crippen molar-refractivity contribution in [2.75, 3.05) is 0 Å². The van der Waals surface area contributed by atoms with Gasteiger partial charge in [-0.1, -0.05) is 6.07 Å². The summed E-state index contributed by atoms with van der Waals surface area (Å²) in [6, 6.07) is 3.12. The van der Waals surface area contributed by atoms with Gasteiger partial charge in [0.15, 0.2) is 0 Å². The maximum atomic E-state index is 13.2. The Morgan fingerprint density at radius 3 is 2.65 bits per heavy atom. The maximum Gasteiger partial charge on any atom is 0.466 e. The van der Waals surface area contributed by atoms with Crippen LogP contribution in [0, 0.1) is 17.0 Å². The highest BCUT2D eigenvalue weighted by Gasteiger charge is 2.18. The lowest BCUT2D eigenvalue weighted by molar-refractivity contribution is 0.408. The Kier molecular flexibility index (Phi) is 4.93. The number of nitrogens with one attached hydrogen (secondary N) is 1. The standard InChI is InChI=1S/C10H11BF2N2O2/c12-9-2-1-7(10(13)3-9)5-15-6-8(4-14)11(16)17/h1-4,6,8,14,16-17H,5H2. The summed E-state index contributed by atoms with van der Waals surface area (Å²) in [7, 11) is -1.71. The summed E-state index contributed by atoms with van der Waals surface area (Å²) >= 11 is 0. The molecule has 0 amide bonds. The van der Waals surface area contributed by atoms with Crippen molar-refractivity contribution in [1.82, 2.24) is 0 Å². The highest BCUT2D eigenvalue weighted by atomic mass is 19.1. The minimum atomic E-state index is -1.71. The molecule has 1 unspecified atom stereocenters. The second-order valence-corrected chi connectivity index (χ2v) is 3.38. The van der Waals surface area contributed by atoms with Crippen molar-refractivity contribution >= 4 is 19.5 Å². The molecule has 0 aliphatic heterocycles. The van der Waals surface area contributed by atoms with E-state index in [1.54, 1.807) is 0 Å². The predicted molar refractivity (Wildman–Crippen MR) is 61.3 cm³/mol. The van der Waals surface area contributed by atoms with E-state index in [2.05, 4.69) is 4.99 Å². The highest BCUT2D eigenvalue weighted by Crippen LogP contribution is 2.10. The van der Waals surface area contributed by atoms with Gasteiger partial charge >= 0.3 is 7.12 Å². The Morgan fingerprint density at radius 2 is 2.12 bits per heavy atom. The van der Waals surface area contributed by atoms with E-state index in [1.165, 1.54) is 6.07 Å². The molecule has 0 saturated carbocycles. The third-order valence-corrected chi connectivity index (χ3v) is 2.09. The number of halogens is 2. The average molecular weight is 240 g/mol. The number of hydrogen-bond donors (Lipinski definition) is 3. The van der Waals surface area contributed by atoms with Crippen LogP contribution in [0.3, 0.4) is 0 Å². The van der Waals surface area contributed by atoms with E-state index < -0.39 is 24.6 Å². The van der Waals surface area contributed by atoms with Crippen LogP contribution in [0.15, 0.2) is 23.2 Å². The molecule has 1 aromatic rings. The van der Waals surface area contributed by atoms with Gasteiger partial charge in [0, 0.05) is 24.1 Å². The van der Waals surface area contributed by atoms with Gasteiger partial charge in [-0.3, -0.25) is 4.99 Å². The van der Waals surface area contributed by atoms with E-state index in [9.17, 15) is 8.78 Å². The SMILES string of the molecule is N=CC(C=NCc1ccc(F)cc1F)B(O)O. The Balaban J connectivity index is 2.66. The molecular weight excluding hydrogens is 229 g/mol. The number of nitrogens with zero attached hydrogens (tertiary/aromatic N) is 1. The van der Waals surface area contributed by atoms with Crippen LogP contribution in [-0.2, 0) is 6.54 Å². The zero-order chi connectivity index (χ0) is 12.8. The van der Waals surface area contributed by atoms with Crippen LogP contribution in [0.25, 0.3) is 0 Å². The minimum Gasteiger partial charge on any atom is -0.426 e. The van der Waals surface area contributed by atoms with Gasteiger partial charge in [-0.2, -0.15) is 0 Å². The molecule has 1 atom stereocenters. The lowest BCUT2D eigenvalue weighted by Gasteiger charge is -2.03. The summed E-state index contributed by atoms with van der Waals surface area (Å²) in [4.78, 5) is 3.77. The second kappa shape index (κ2) is 6.22. The molecule has 0 aromatic heterocycles. The van der Waals surface area contributed by atoms with Crippen molar-refractivity contribution in [3.8, 4) is 0 Å². The van der Waals surface area contributed by atoms with Crippen LogP contribution >= 0.6 is 0 Å². The lowest BCUT2D eigenvalue weighted by atomic mass is 9.74. The van der Waals surface area contributed by atoms with Gasteiger partial charge in [-0.05, 0) is 6.07 Å². The van der Waals surface area contributed by atoms with Crippen molar-refractivity contribution in [2.24, 2.45) is 4.99 Å². The van der Waals surface area contributed by atoms with Gasteiger partial charge in [0.25, 0.3) is 0 Å². The molecule has 0 aliphatic carbocycles. The summed E-state index contributed by atoms with van der Waals surface area (Å²) in [6.07, 6.45) is 1.95. The molecule has 4 nitrogen and oxygen atoms in total. The third-order valence-electron chi connectivity index (χ3n) is 2.09. The second-order valence-electron chi connectivity index (χ2n) is 3.38. The molecule has 0 spiro atoms. The fourth-order valence-corrected chi connectivity index (χ4v) is 1.13. The van der Waals surface area contributed by atoms with Crippen LogP contribution in [0.4, 0.5) is 8.78 Å². The van der Waals surface area contributed by atoms with E-state index in [-0.39, 0.29) is 12.1 Å². The highest BCUT2D eigenvalue weighted by molar-refractivity contribution is 6.52. The van der Waals surface area contributed by atoms with Crippen molar-refractivity contribution in [3.63, 3.8) is 0 Å². The Morgan fingerprint density at radius 1 is 1.41 bits per heavy atom. The first-order valence-electron chi connectivity index (χ1n) is 4.85. The molecule has 0 heterocycles. The van der Waals surface area contributed by atoms with Crippen LogP contribution < -0.4 is 0 Å². The van der Waals surface area contributed by atoms with Crippen LogP contribution in [-0.4, -0.2) is 29.6 Å². The molecule has 17 heavy (non-hydrogen) atoms. The van der Waals surface area contributed by atoms with Crippen LogP contribution in [0.5, 0.6) is 0 Å². The number of rotatable bonds is 5. The fraction of sp³-hybridized carbons (Fsp3) is 0.200. The molecule has 0 fully saturated rings. The Labute approximate surface area is 97.3 Å². The van der Waals surface area contributed by atoms with Gasteiger partial charge in [0.05, 0.1) is 12.4 Å². The molecular formula is C10H11BF2N2O2. The number of hydrogen-bond acceptors (Lipinski definition) is 4. The monoisotopic (exact) mass is 240 g/mol. The maximum absolute atomic E-state index is 13.2.